The predicted molar refractivity (Wildman–Crippen MR) is 58.5 cm³/mol. The molecule has 3 nitrogen and oxygen atoms in total. The second kappa shape index (κ2) is 3.24. The summed E-state index contributed by atoms with van der Waals surface area (Å²) in [5.74, 6) is 0.967. The molecule has 0 aromatic heterocycles. The number of ether oxygens (including phenoxy) is 2. The summed E-state index contributed by atoms with van der Waals surface area (Å²) < 4.78 is 10.7. The molecule has 16 heavy (non-hydrogen) atoms. The molecule has 0 bridgehead atoms. The lowest BCUT2D eigenvalue weighted by Crippen LogP contribution is -2.13. The SMILES string of the molecule is CCOC(=O)[C@@H]1[C@H]2Oc3ccc(C)cc3[C@H]21. The molecule has 0 radical (unpaired) electrons. The summed E-state index contributed by atoms with van der Waals surface area (Å²) in [5.41, 5.74) is 2.38. The van der Waals surface area contributed by atoms with E-state index in [9.17, 15) is 4.79 Å². The number of hydrogen-bond acceptors (Lipinski definition) is 3. The van der Waals surface area contributed by atoms with Crippen LogP contribution >= 0.6 is 0 Å². The molecule has 1 heterocycles. The van der Waals surface area contributed by atoms with Crippen molar-refractivity contribution in [2.75, 3.05) is 6.61 Å². The highest BCUT2D eigenvalue weighted by molar-refractivity contribution is 5.80. The van der Waals surface area contributed by atoms with Gasteiger partial charge in [0.1, 0.15) is 17.8 Å². The van der Waals surface area contributed by atoms with Gasteiger partial charge in [0.05, 0.1) is 6.61 Å². The van der Waals surface area contributed by atoms with E-state index in [-0.39, 0.29) is 23.9 Å². The summed E-state index contributed by atoms with van der Waals surface area (Å²) in [4.78, 5) is 11.6. The normalized spacial score (nSPS) is 29.0. The van der Waals surface area contributed by atoms with Crippen LogP contribution in [0.15, 0.2) is 18.2 Å². The first-order chi connectivity index (χ1) is 7.72. The molecular formula is C13H14O3. The third kappa shape index (κ3) is 1.24. The lowest BCUT2D eigenvalue weighted by Gasteiger charge is -2.08. The van der Waals surface area contributed by atoms with Crippen LogP contribution in [-0.4, -0.2) is 18.7 Å². The second-order valence-corrected chi connectivity index (χ2v) is 4.43. The van der Waals surface area contributed by atoms with E-state index < -0.39 is 0 Å². The van der Waals surface area contributed by atoms with Crippen molar-refractivity contribution < 1.29 is 14.3 Å². The van der Waals surface area contributed by atoms with Gasteiger partial charge in [0.25, 0.3) is 0 Å². The molecule has 0 saturated heterocycles. The van der Waals surface area contributed by atoms with Gasteiger partial charge in [0.15, 0.2) is 0 Å². The molecule has 0 N–H and O–H groups in total. The maximum Gasteiger partial charge on any atom is 0.313 e. The Bertz CT molecular complexity index is 452. The van der Waals surface area contributed by atoms with E-state index >= 15 is 0 Å². The molecule has 1 saturated carbocycles. The molecule has 0 amide bonds. The summed E-state index contributed by atoms with van der Waals surface area (Å²) in [5, 5.41) is 0. The number of carbonyl (C=O) groups excluding carboxylic acids is 1. The highest BCUT2D eigenvalue weighted by atomic mass is 16.5. The van der Waals surface area contributed by atoms with Crippen LogP contribution in [-0.2, 0) is 9.53 Å². The van der Waals surface area contributed by atoms with Crippen molar-refractivity contribution in [1.82, 2.24) is 0 Å². The van der Waals surface area contributed by atoms with Gasteiger partial charge in [-0.3, -0.25) is 4.79 Å². The van der Waals surface area contributed by atoms with Gasteiger partial charge < -0.3 is 9.47 Å². The lowest BCUT2D eigenvalue weighted by atomic mass is 10.1. The summed E-state index contributed by atoms with van der Waals surface area (Å²) in [7, 11) is 0. The zero-order valence-electron chi connectivity index (χ0n) is 9.40. The molecule has 1 fully saturated rings. The van der Waals surface area contributed by atoms with Crippen molar-refractivity contribution in [1.29, 1.82) is 0 Å². The fourth-order valence-electron chi connectivity index (χ4n) is 2.50. The minimum atomic E-state index is -0.121. The quantitative estimate of drug-likeness (QED) is 0.712. The molecule has 0 spiro atoms. The Balaban J connectivity index is 1.84. The fraction of sp³-hybridized carbons (Fsp3) is 0.462. The smallest absolute Gasteiger partial charge is 0.313 e. The predicted octanol–water partition coefficient (Wildman–Crippen LogP) is 2.03. The van der Waals surface area contributed by atoms with E-state index in [2.05, 4.69) is 13.0 Å². The van der Waals surface area contributed by atoms with Gasteiger partial charge in [-0.15, -0.1) is 0 Å². The molecule has 2 aliphatic rings. The Morgan fingerprint density at radius 3 is 3.06 bits per heavy atom. The molecule has 3 atom stereocenters. The molecule has 1 aliphatic heterocycles. The van der Waals surface area contributed by atoms with E-state index in [1.54, 1.807) is 0 Å². The van der Waals surface area contributed by atoms with E-state index in [0.29, 0.717) is 6.61 Å². The van der Waals surface area contributed by atoms with Gasteiger partial charge in [-0.2, -0.15) is 0 Å². The summed E-state index contributed by atoms with van der Waals surface area (Å²) in [6, 6.07) is 6.13. The number of benzene rings is 1. The molecule has 1 aliphatic carbocycles. The Labute approximate surface area is 94.4 Å². The van der Waals surface area contributed by atoms with Crippen molar-refractivity contribution in [2.24, 2.45) is 5.92 Å². The molecule has 84 valence electrons. The van der Waals surface area contributed by atoms with Gasteiger partial charge >= 0.3 is 5.97 Å². The zero-order chi connectivity index (χ0) is 11.3. The Morgan fingerprint density at radius 2 is 2.31 bits per heavy atom. The van der Waals surface area contributed by atoms with Crippen molar-refractivity contribution in [3.05, 3.63) is 29.3 Å². The first kappa shape index (κ1) is 9.70. The van der Waals surface area contributed by atoms with Gasteiger partial charge in [0.2, 0.25) is 0 Å². The van der Waals surface area contributed by atoms with Crippen molar-refractivity contribution in [3.8, 4) is 5.75 Å². The van der Waals surface area contributed by atoms with Gasteiger partial charge in [0, 0.05) is 11.5 Å². The summed E-state index contributed by atoms with van der Waals surface area (Å²) >= 11 is 0. The van der Waals surface area contributed by atoms with Crippen LogP contribution in [0.1, 0.15) is 24.0 Å². The highest BCUT2D eigenvalue weighted by Crippen LogP contribution is 2.58. The van der Waals surface area contributed by atoms with E-state index in [4.69, 9.17) is 9.47 Å². The topological polar surface area (TPSA) is 35.5 Å². The molecular weight excluding hydrogens is 204 g/mol. The Kier molecular flexibility index (Phi) is 1.96. The largest absolute Gasteiger partial charge is 0.489 e. The van der Waals surface area contributed by atoms with Crippen LogP contribution in [0, 0.1) is 12.8 Å². The maximum atomic E-state index is 11.6. The minimum Gasteiger partial charge on any atom is -0.489 e. The monoisotopic (exact) mass is 218 g/mol. The maximum absolute atomic E-state index is 11.6. The summed E-state index contributed by atoms with van der Waals surface area (Å²) in [6.07, 6.45) is 0.0239. The first-order valence-electron chi connectivity index (χ1n) is 5.66. The number of aryl methyl sites for hydroxylation is 1. The number of esters is 1. The standard InChI is InChI=1S/C13H14O3/c1-3-15-13(14)11-10-8-6-7(2)4-5-9(8)16-12(10)11/h4-6,10-12H,3H2,1-2H3/t10-,11-,12-/m0/s1. The zero-order valence-corrected chi connectivity index (χ0v) is 9.40. The van der Waals surface area contributed by atoms with Gasteiger partial charge in [-0.25, -0.2) is 0 Å². The van der Waals surface area contributed by atoms with Gasteiger partial charge in [-0.1, -0.05) is 17.7 Å². The number of rotatable bonds is 2. The first-order valence-corrected chi connectivity index (χ1v) is 5.66. The van der Waals surface area contributed by atoms with Crippen LogP contribution in [0.25, 0.3) is 0 Å². The Morgan fingerprint density at radius 1 is 1.50 bits per heavy atom. The van der Waals surface area contributed by atoms with Crippen LogP contribution in [0.4, 0.5) is 0 Å². The fourth-order valence-corrected chi connectivity index (χ4v) is 2.50. The van der Waals surface area contributed by atoms with E-state index in [0.717, 1.165) is 5.75 Å². The molecule has 3 heteroatoms. The minimum absolute atomic E-state index is 0.0239. The average Bonchev–Trinajstić information content (AvgIpc) is 2.85. The molecule has 0 unspecified atom stereocenters. The van der Waals surface area contributed by atoms with Crippen LogP contribution in [0.3, 0.4) is 0 Å². The third-order valence-corrected chi connectivity index (χ3v) is 3.30. The van der Waals surface area contributed by atoms with Crippen LogP contribution in [0.2, 0.25) is 0 Å². The molecule has 1 aromatic carbocycles. The Hall–Kier alpha value is -1.51. The van der Waals surface area contributed by atoms with E-state index in [1.807, 2.05) is 19.1 Å². The lowest BCUT2D eigenvalue weighted by molar-refractivity contribution is -0.145. The van der Waals surface area contributed by atoms with Crippen molar-refractivity contribution in [3.63, 3.8) is 0 Å². The van der Waals surface area contributed by atoms with Crippen LogP contribution in [0.5, 0.6) is 5.75 Å². The number of fused-ring (bicyclic) bond motifs is 3. The third-order valence-electron chi connectivity index (χ3n) is 3.30. The second-order valence-electron chi connectivity index (χ2n) is 4.43. The van der Waals surface area contributed by atoms with Crippen LogP contribution < -0.4 is 4.74 Å². The van der Waals surface area contributed by atoms with Crippen molar-refractivity contribution in [2.45, 2.75) is 25.9 Å². The highest BCUT2D eigenvalue weighted by Gasteiger charge is 2.63. The summed E-state index contributed by atoms with van der Waals surface area (Å²) in [6.45, 7) is 4.32. The average molecular weight is 218 g/mol. The number of hydrogen-bond donors (Lipinski definition) is 0. The molecule has 1 aromatic rings. The van der Waals surface area contributed by atoms with E-state index in [1.165, 1.54) is 11.1 Å². The molecule has 3 rings (SSSR count). The number of carbonyl (C=O) groups is 1. The van der Waals surface area contributed by atoms with Crippen molar-refractivity contribution >= 4 is 5.97 Å². The van der Waals surface area contributed by atoms with Gasteiger partial charge in [-0.05, 0) is 19.9 Å².